The minimum absolute atomic E-state index is 0.957. The van der Waals surface area contributed by atoms with Crippen LogP contribution in [0.5, 0.6) is 0 Å². The minimum Gasteiger partial charge on any atom is -0.264 e. The highest BCUT2D eigenvalue weighted by atomic mass is 14.8. The third-order valence-corrected chi connectivity index (χ3v) is 13.1. The van der Waals surface area contributed by atoms with Crippen LogP contribution in [0.15, 0.2) is 245 Å². The largest absolute Gasteiger partial charge is 0.264 e. The zero-order valence-electron chi connectivity index (χ0n) is 66.2. The molecule has 16 heteroatoms. The first kappa shape index (κ1) is 90.5. The summed E-state index contributed by atoms with van der Waals surface area (Å²) in [6, 6.07) is 45.9. The first-order valence-corrected chi connectivity index (χ1v) is 36.3. The van der Waals surface area contributed by atoms with Crippen LogP contribution in [0.25, 0.3) is 87.2 Å². The van der Waals surface area contributed by atoms with Crippen molar-refractivity contribution in [1.82, 2.24) is 79.7 Å². The summed E-state index contributed by atoms with van der Waals surface area (Å²) in [6.45, 7) is 48.0. The molecule has 16 aromatic rings. The molecule has 0 aliphatic carbocycles. The van der Waals surface area contributed by atoms with E-state index in [4.69, 9.17) is 0 Å². The number of rotatable bonds is 0. The number of hydrogen-bond acceptors (Lipinski definition) is 16. The lowest BCUT2D eigenvalue weighted by Gasteiger charge is -1.95. The SMILES string of the molecule is CC.CC.CC.CC.CC.CC.CC.CC.Cc1cc2ccncc2cn1.Cc1cc2cnccc2cn1.Cc1cc2ncccc2cn1.Cc1ccc2ccncc2n1.Cc1ccc2cnccc2n1.Cc1ccc2ncccc2n1.Cc1ccc2nccnc2c1.Cc1ccc2ncncc2c1. The zero-order chi connectivity index (χ0) is 77.5. The fraction of sp³-hybridized carbons (Fsp3) is 0.273. The predicted octanol–water partition coefficient (Wildman–Crippen LogP) is 23.7. The van der Waals surface area contributed by atoms with Gasteiger partial charge in [0.15, 0.2) is 0 Å². The molecule has 16 nitrogen and oxygen atoms in total. The van der Waals surface area contributed by atoms with E-state index in [1.165, 1.54) is 16.5 Å². The van der Waals surface area contributed by atoms with E-state index < -0.39 is 0 Å². The molecule has 0 atom stereocenters. The van der Waals surface area contributed by atoms with E-state index in [-0.39, 0.29) is 0 Å². The van der Waals surface area contributed by atoms with E-state index in [1.807, 2.05) is 318 Å². The van der Waals surface area contributed by atoms with Gasteiger partial charge in [-0.3, -0.25) is 69.8 Å². The number of nitrogens with zero attached hydrogens (tertiary/aromatic N) is 16. The zero-order valence-corrected chi connectivity index (χ0v) is 66.2. The normalized spacial score (nSPS) is 9.15. The summed E-state index contributed by atoms with van der Waals surface area (Å²) in [5, 5.41) is 9.03. The molecule has 2 aromatic carbocycles. The average Bonchev–Trinajstić information content (AvgIpc) is 1.05. The predicted molar refractivity (Wildman–Crippen MR) is 445 cm³/mol. The Bertz CT molecular complexity index is 3990. The van der Waals surface area contributed by atoms with Gasteiger partial charge in [0, 0.05) is 165 Å². The van der Waals surface area contributed by atoms with Gasteiger partial charge in [-0.15, -0.1) is 0 Å². The van der Waals surface area contributed by atoms with Gasteiger partial charge in [0.25, 0.3) is 0 Å². The molecule has 0 bridgehead atoms. The molecule has 0 N–H and O–H groups in total. The lowest BCUT2D eigenvalue weighted by molar-refractivity contribution is 1.21. The third-order valence-electron chi connectivity index (χ3n) is 13.1. The van der Waals surface area contributed by atoms with Crippen LogP contribution in [-0.4, -0.2) is 79.7 Å². The summed E-state index contributed by atoms with van der Waals surface area (Å²) in [6.07, 6.45) is 30.3. The Morgan fingerprint density at radius 1 is 0.183 bits per heavy atom. The van der Waals surface area contributed by atoms with Crippen molar-refractivity contribution in [3.8, 4) is 0 Å². The fourth-order valence-electron chi connectivity index (χ4n) is 8.62. The number of aromatic nitrogens is 16. The molecule has 16 rings (SSSR count). The van der Waals surface area contributed by atoms with Gasteiger partial charge in [-0.05, 0) is 188 Å². The summed E-state index contributed by atoms with van der Waals surface area (Å²) in [7, 11) is 0. The van der Waals surface area contributed by atoms with Crippen molar-refractivity contribution < 1.29 is 0 Å². The van der Waals surface area contributed by atoms with Gasteiger partial charge in [-0.25, -0.2) is 9.97 Å². The molecular formula is C88H112N16. The van der Waals surface area contributed by atoms with Crippen LogP contribution in [-0.2, 0) is 0 Å². The number of hydrogen-bond donors (Lipinski definition) is 0. The molecule has 0 unspecified atom stereocenters. The molecule has 0 fully saturated rings. The summed E-state index contributed by atoms with van der Waals surface area (Å²) in [5.74, 6) is 0. The summed E-state index contributed by atoms with van der Waals surface area (Å²) in [4.78, 5) is 66.3. The molecule has 0 aliphatic rings. The maximum atomic E-state index is 4.34. The maximum absolute atomic E-state index is 4.34. The second kappa shape index (κ2) is 55.2. The lowest BCUT2D eigenvalue weighted by atomic mass is 10.2. The van der Waals surface area contributed by atoms with Gasteiger partial charge in [0.05, 0.1) is 50.3 Å². The van der Waals surface area contributed by atoms with Gasteiger partial charge in [-0.1, -0.05) is 135 Å². The smallest absolute Gasteiger partial charge is 0.116 e. The molecule has 14 heterocycles. The van der Waals surface area contributed by atoms with E-state index in [0.29, 0.717) is 0 Å². The highest BCUT2D eigenvalue weighted by Crippen LogP contribution is 2.16. The van der Waals surface area contributed by atoms with Crippen molar-refractivity contribution in [3.05, 3.63) is 290 Å². The Morgan fingerprint density at radius 2 is 0.596 bits per heavy atom. The first-order chi connectivity index (χ1) is 50.9. The summed E-state index contributed by atoms with van der Waals surface area (Å²) in [5.41, 5.74) is 16.5. The lowest BCUT2D eigenvalue weighted by Crippen LogP contribution is -1.83. The molecule has 0 saturated heterocycles. The van der Waals surface area contributed by atoms with Gasteiger partial charge in [0.2, 0.25) is 0 Å². The number of pyridine rings is 12. The van der Waals surface area contributed by atoms with Crippen molar-refractivity contribution in [2.24, 2.45) is 0 Å². The van der Waals surface area contributed by atoms with Gasteiger partial charge in [0.1, 0.15) is 6.33 Å². The van der Waals surface area contributed by atoms with Crippen LogP contribution in [0, 0.1) is 55.4 Å². The summed E-state index contributed by atoms with van der Waals surface area (Å²) < 4.78 is 0. The van der Waals surface area contributed by atoms with Crippen LogP contribution in [0.1, 0.15) is 156 Å². The third kappa shape index (κ3) is 32.9. The Hall–Kier alpha value is -11.5. The van der Waals surface area contributed by atoms with E-state index in [9.17, 15) is 0 Å². The van der Waals surface area contributed by atoms with Gasteiger partial charge in [-0.2, -0.15) is 0 Å². The second-order valence-corrected chi connectivity index (χ2v) is 20.3. The maximum Gasteiger partial charge on any atom is 0.116 e. The number of fused-ring (bicyclic) bond motifs is 8. The summed E-state index contributed by atoms with van der Waals surface area (Å²) >= 11 is 0. The molecule has 0 radical (unpaired) electrons. The van der Waals surface area contributed by atoms with E-state index in [2.05, 4.69) is 111 Å². The highest BCUT2D eigenvalue weighted by Gasteiger charge is 1.99. The minimum atomic E-state index is 0.957. The molecular weight excluding hydrogens is 1280 g/mol. The van der Waals surface area contributed by atoms with Crippen LogP contribution in [0.4, 0.5) is 0 Å². The standard InChI is InChI=1S/8C9H8N2.8C2H6/c1-7-4-9-5-10-3-2-8(9)6-11-7;1-7-4-8-2-3-10-5-9(8)6-11-7;1-7-2-3-9-8(4-7)5-10-6-11-9;1-7-2-3-8-6-10-5-4-9(8)11-7;1-7-2-3-8-4-5-10-6-9(8)11-7;1-7-2-3-8-9(6-7)11-5-4-10-8;1-7-4-5-8-9(11-7)3-2-6-10-8;1-7-5-9-8(6-11-7)3-2-4-10-9;8*1-2/h8*2-6H,1H3;8*1-2H3. The molecule has 0 amide bonds. The Morgan fingerprint density at radius 3 is 1.24 bits per heavy atom. The quantitative estimate of drug-likeness (QED) is 0.138. The molecule has 104 heavy (non-hydrogen) atoms. The van der Waals surface area contributed by atoms with Gasteiger partial charge < -0.3 is 0 Å². The van der Waals surface area contributed by atoms with Crippen LogP contribution < -0.4 is 0 Å². The average molecular weight is 1390 g/mol. The van der Waals surface area contributed by atoms with E-state index in [1.54, 1.807) is 62.1 Å². The highest BCUT2D eigenvalue weighted by molar-refractivity contribution is 5.83. The molecule has 14 aromatic heterocycles. The van der Waals surface area contributed by atoms with Crippen molar-refractivity contribution in [3.63, 3.8) is 0 Å². The topological polar surface area (TPSA) is 206 Å². The Kier molecular flexibility index (Phi) is 48.0. The van der Waals surface area contributed by atoms with Crippen LogP contribution in [0.2, 0.25) is 0 Å². The van der Waals surface area contributed by atoms with E-state index >= 15 is 0 Å². The van der Waals surface area contributed by atoms with E-state index in [0.717, 1.165) is 116 Å². The van der Waals surface area contributed by atoms with Crippen molar-refractivity contribution in [2.75, 3.05) is 0 Å². The molecule has 0 saturated carbocycles. The molecule has 0 aliphatic heterocycles. The van der Waals surface area contributed by atoms with Crippen molar-refractivity contribution >= 4 is 87.2 Å². The van der Waals surface area contributed by atoms with Gasteiger partial charge >= 0.3 is 0 Å². The van der Waals surface area contributed by atoms with Crippen LogP contribution >= 0.6 is 0 Å². The number of aryl methyl sites for hydroxylation is 8. The van der Waals surface area contributed by atoms with Crippen LogP contribution in [0.3, 0.4) is 0 Å². The second-order valence-electron chi connectivity index (χ2n) is 20.3. The van der Waals surface area contributed by atoms with Crippen molar-refractivity contribution in [1.29, 1.82) is 0 Å². The van der Waals surface area contributed by atoms with Crippen molar-refractivity contribution in [2.45, 2.75) is 166 Å². The Labute approximate surface area is 620 Å². The fourth-order valence-corrected chi connectivity index (χ4v) is 8.62. The molecule has 0 spiro atoms. The Balaban J connectivity index is 0.000000578. The molecule has 544 valence electrons. The first-order valence-electron chi connectivity index (χ1n) is 36.3. The monoisotopic (exact) mass is 1390 g/mol. The number of benzene rings is 2.